The highest BCUT2D eigenvalue weighted by Crippen LogP contribution is 2.29. The minimum atomic E-state index is -0.0518. The van der Waals surface area contributed by atoms with Crippen molar-refractivity contribution in [3.05, 3.63) is 22.2 Å². The number of anilines is 1. The van der Waals surface area contributed by atoms with Gasteiger partial charge in [-0.05, 0) is 18.8 Å². The molecule has 1 aliphatic carbocycles. The van der Waals surface area contributed by atoms with Crippen LogP contribution in [0.15, 0.2) is 10.9 Å². The Kier molecular flexibility index (Phi) is 4.27. The zero-order chi connectivity index (χ0) is 14.0. The molecule has 0 bridgehead atoms. The van der Waals surface area contributed by atoms with E-state index in [0.29, 0.717) is 12.0 Å². The Morgan fingerprint density at radius 2 is 2.05 bits per heavy atom. The third-order valence-electron chi connectivity index (χ3n) is 4.22. The van der Waals surface area contributed by atoms with Crippen LogP contribution in [0.2, 0.25) is 0 Å². The van der Waals surface area contributed by atoms with E-state index in [-0.39, 0.29) is 11.5 Å². The second-order valence-electron chi connectivity index (χ2n) is 6.08. The van der Waals surface area contributed by atoms with Gasteiger partial charge >= 0.3 is 0 Å². The van der Waals surface area contributed by atoms with Gasteiger partial charge in [0.2, 0.25) is 0 Å². The average Bonchev–Trinajstić information content (AvgIpc) is 2.37. The maximum atomic E-state index is 11.8. The van der Waals surface area contributed by atoms with Crippen LogP contribution in [0.25, 0.3) is 0 Å². The lowest BCUT2D eigenvalue weighted by Crippen LogP contribution is -2.40. The fourth-order valence-corrected chi connectivity index (χ4v) is 2.96. The van der Waals surface area contributed by atoms with E-state index in [2.05, 4.69) is 28.8 Å². The van der Waals surface area contributed by atoms with Crippen LogP contribution in [0.5, 0.6) is 0 Å². The fourth-order valence-electron chi connectivity index (χ4n) is 2.96. The van der Waals surface area contributed by atoms with Crippen LogP contribution in [0.4, 0.5) is 5.82 Å². The van der Waals surface area contributed by atoms with Gasteiger partial charge in [0.1, 0.15) is 11.6 Å². The molecule has 0 radical (unpaired) electrons. The van der Waals surface area contributed by atoms with Crippen molar-refractivity contribution in [1.29, 1.82) is 0 Å². The van der Waals surface area contributed by atoms with Crippen molar-refractivity contribution in [2.24, 2.45) is 5.92 Å². The predicted molar refractivity (Wildman–Crippen MR) is 78.8 cm³/mol. The largest absolute Gasteiger partial charge is 0.356 e. The number of hydrogen-bond donors (Lipinski definition) is 1. The van der Waals surface area contributed by atoms with Gasteiger partial charge in [0, 0.05) is 25.1 Å². The van der Waals surface area contributed by atoms with Gasteiger partial charge in [0.15, 0.2) is 0 Å². The molecule has 0 saturated heterocycles. The van der Waals surface area contributed by atoms with Crippen LogP contribution >= 0.6 is 0 Å². The molecule has 1 aliphatic rings. The Morgan fingerprint density at radius 1 is 1.37 bits per heavy atom. The number of aromatic amines is 1. The molecule has 4 heteroatoms. The van der Waals surface area contributed by atoms with Crippen LogP contribution in [-0.2, 0) is 0 Å². The molecule has 1 fully saturated rings. The molecule has 1 aromatic rings. The summed E-state index contributed by atoms with van der Waals surface area (Å²) in [5, 5.41) is 0. The van der Waals surface area contributed by atoms with E-state index >= 15 is 0 Å². The first-order valence-electron chi connectivity index (χ1n) is 7.33. The molecule has 2 unspecified atom stereocenters. The van der Waals surface area contributed by atoms with E-state index in [1.54, 1.807) is 6.07 Å². The van der Waals surface area contributed by atoms with Crippen LogP contribution < -0.4 is 10.5 Å². The summed E-state index contributed by atoms with van der Waals surface area (Å²) >= 11 is 0. The molecular weight excluding hydrogens is 238 g/mol. The Morgan fingerprint density at radius 3 is 2.68 bits per heavy atom. The van der Waals surface area contributed by atoms with Gasteiger partial charge in [-0.3, -0.25) is 4.79 Å². The van der Waals surface area contributed by atoms with Crippen LogP contribution in [0.1, 0.15) is 58.2 Å². The molecule has 1 N–H and O–H groups in total. The standard InChI is InChI=1S/C15H25N3O/c1-10(2)15-16-13(9-14(19)17-15)18(4)12-8-6-5-7-11(12)3/h9-12H,5-8H2,1-4H3,(H,16,17,19). The number of H-pyrrole nitrogens is 1. The molecule has 1 aromatic heterocycles. The van der Waals surface area contributed by atoms with E-state index < -0.39 is 0 Å². The molecule has 0 amide bonds. The van der Waals surface area contributed by atoms with E-state index in [0.717, 1.165) is 11.6 Å². The molecule has 1 heterocycles. The van der Waals surface area contributed by atoms with Crippen molar-refractivity contribution in [3.63, 3.8) is 0 Å². The molecule has 0 aliphatic heterocycles. The highest BCUT2D eigenvalue weighted by molar-refractivity contribution is 5.38. The number of aromatic nitrogens is 2. The quantitative estimate of drug-likeness (QED) is 0.912. The van der Waals surface area contributed by atoms with E-state index in [9.17, 15) is 4.79 Å². The molecule has 19 heavy (non-hydrogen) atoms. The lowest BCUT2D eigenvalue weighted by molar-refractivity contribution is 0.320. The number of rotatable bonds is 3. The topological polar surface area (TPSA) is 49.0 Å². The second kappa shape index (κ2) is 5.76. The van der Waals surface area contributed by atoms with Crippen molar-refractivity contribution < 1.29 is 0 Å². The number of hydrogen-bond acceptors (Lipinski definition) is 3. The predicted octanol–water partition coefficient (Wildman–Crippen LogP) is 2.91. The summed E-state index contributed by atoms with van der Waals surface area (Å²) in [6.45, 7) is 6.40. The summed E-state index contributed by atoms with van der Waals surface area (Å²) in [6.07, 6.45) is 5.07. The minimum Gasteiger partial charge on any atom is -0.356 e. The molecule has 2 rings (SSSR count). The first-order valence-corrected chi connectivity index (χ1v) is 7.33. The summed E-state index contributed by atoms with van der Waals surface area (Å²) in [7, 11) is 2.07. The zero-order valence-corrected chi connectivity index (χ0v) is 12.4. The van der Waals surface area contributed by atoms with E-state index in [4.69, 9.17) is 0 Å². The second-order valence-corrected chi connectivity index (χ2v) is 6.08. The molecular formula is C15H25N3O. The van der Waals surface area contributed by atoms with Crippen LogP contribution in [0.3, 0.4) is 0 Å². The maximum absolute atomic E-state index is 11.8. The fraction of sp³-hybridized carbons (Fsp3) is 0.733. The molecule has 0 aromatic carbocycles. The summed E-state index contributed by atoms with van der Waals surface area (Å²) in [4.78, 5) is 21.4. The van der Waals surface area contributed by atoms with Gasteiger partial charge in [0.25, 0.3) is 5.56 Å². The van der Waals surface area contributed by atoms with Crippen molar-refractivity contribution in [3.8, 4) is 0 Å². The van der Waals surface area contributed by atoms with Crippen LogP contribution in [0, 0.1) is 5.92 Å². The van der Waals surface area contributed by atoms with Crippen molar-refractivity contribution >= 4 is 5.82 Å². The summed E-state index contributed by atoms with van der Waals surface area (Å²) in [5.41, 5.74) is -0.0518. The lowest BCUT2D eigenvalue weighted by atomic mass is 9.85. The molecule has 2 atom stereocenters. The van der Waals surface area contributed by atoms with Gasteiger partial charge in [-0.15, -0.1) is 0 Å². The Labute approximate surface area is 115 Å². The first kappa shape index (κ1) is 14.1. The highest BCUT2D eigenvalue weighted by atomic mass is 16.1. The van der Waals surface area contributed by atoms with Gasteiger partial charge in [-0.2, -0.15) is 0 Å². The third kappa shape index (κ3) is 3.17. The summed E-state index contributed by atoms with van der Waals surface area (Å²) in [6, 6.07) is 2.12. The van der Waals surface area contributed by atoms with Crippen LogP contribution in [-0.4, -0.2) is 23.1 Å². The van der Waals surface area contributed by atoms with Gasteiger partial charge in [0.05, 0.1) is 0 Å². The highest BCUT2D eigenvalue weighted by Gasteiger charge is 2.26. The van der Waals surface area contributed by atoms with Gasteiger partial charge in [-0.1, -0.05) is 33.6 Å². The third-order valence-corrected chi connectivity index (χ3v) is 4.22. The monoisotopic (exact) mass is 263 g/mol. The lowest BCUT2D eigenvalue weighted by Gasteiger charge is -2.37. The number of nitrogens with one attached hydrogen (secondary N) is 1. The Hall–Kier alpha value is -1.32. The Balaban J connectivity index is 2.27. The average molecular weight is 263 g/mol. The van der Waals surface area contributed by atoms with Gasteiger partial charge in [-0.25, -0.2) is 4.98 Å². The van der Waals surface area contributed by atoms with Crippen molar-refractivity contribution in [2.75, 3.05) is 11.9 Å². The summed E-state index contributed by atoms with van der Waals surface area (Å²) in [5.74, 6) is 2.50. The van der Waals surface area contributed by atoms with Crippen molar-refractivity contribution in [2.45, 2.75) is 58.4 Å². The molecule has 106 valence electrons. The normalized spacial score (nSPS) is 23.6. The van der Waals surface area contributed by atoms with E-state index in [1.165, 1.54) is 25.7 Å². The maximum Gasteiger partial charge on any atom is 0.252 e. The first-order chi connectivity index (χ1) is 8.99. The minimum absolute atomic E-state index is 0.0518. The molecule has 1 saturated carbocycles. The SMILES string of the molecule is CC(C)c1nc(N(C)C2CCCCC2C)cc(=O)[nH]1. The van der Waals surface area contributed by atoms with E-state index in [1.807, 2.05) is 13.8 Å². The number of nitrogens with zero attached hydrogens (tertiary/aromatic N) is 2. The molecule has 4 nitrogen and oxygen atoms in total. The Bertz CT molecular complexity index is 481. The van der Waals surface area contributed by atoms with Gasteiger partial charge < -0.3 is 9.88 Å². The zero-order valence-electron chi connectivity index (χ0n) is 12.4. The smallest absolute Gasteiger partial charge is 0.252 e. The summed E-state index contributed by atoms with van der Waals surface area (Å²) < 4.78 is 0. The molecule has 0 spiro atoms. The van der Waals surface area contributed by atoms with Crippen molar-refractivity contribution in [1.82, 2.24) is 9.97 Å².